The second-order valence-corrected chi connectivity index (χ2v) is 6.47. The summed E-state index contributed by atoms with van der Waals surface area (Å²) in [5.74, 6) is -0.161. The van der Waals surface area contributed by atoms with Gasteiger partial charge in [-0.3, -0.25) is 9.59 Å². The van der Waals surface area contributed by atoms with Crippen molar-refractivity contribution in [1.29, 1.82) is 0 Å². The van der Waals surface area contributed by atoms with Crippen molar-refractivity contribution >= 4 is 46.4 Å². The molecule has 2 aromatic carbocycles. The van der Waals surface area contributed by atoms with Gasteiger partial charge in [-0.1, -0.05) is 0 Å². The summed E-state index contributed by atoms with van der Waals surface area (Å²) >= 11 is 5.07. The molecule has 2 amide bonds. The Bertz CT molecular complexity index is 1070. The lowest BCUT2D eigenvalue weighted by molar-refractivity contribution is -0.116. The Kier molecular flexibility index (Phi) is 3.65. The predicted molar refractivity (Wildman–Crippen MR) is 99.6 cm³/mol. The number of aromatic nitrogens is 2. The lowest BCUT2D eigenvalue weighted by atomic mass is 10.1. The molecule has 0 radical (unpaired) electrons. The Hall–Kier alpha value is -2.93. The normalized spacial score (nSPS) is 13.1. The number of imidazole rings is 1. The molecule has 0 bridgehead atoms. The molecular formula is C18H16N4O2S. The lowest BCUT2D eigenvalue weighted by Crippen LogP contribution is -2.25. The minimum Gasteiger partial charge on any atom is -0.331 e. The fourth-order valence-electron chi connectivity index (χ4n) is 3.18. The van der Waals surface area contributed by atoms with Crippen molar-refractivity contribution in [3.05, 3.63) is 52.3 Å². The van der Waals surface area contributed by atoms with E-state index in [4.69, 9.17) is 12.2 Å². The van der Waals surface area contributed by atoms with Crippen LogP contribution in [-0.4, -0.2) is 28.3 Å². The molecule has 2 heterocycles. The number of carbonyl (C=O) groups is 2. The Labute approximate surface area is 148 Å². The number of rotatable bonds is 2. The molecule has 0 atom stereocenters. The monoisotopic (exact) mass is 352 g/mol. The Morgan fingerprint density at radius 3 is 2.72 bits per heavy atom. The van der Waals surface area contributed by atoms with E-state index < -0.39 is 0 Å². The number of H-pyrrole nitrogens is 2. The molecule has 0 saturated carbocycles. The van der Waals surface area contributed by atoms with Crippen molar-refractivity contribution in [3.63, 3.8) is 0 Å². The molecule has 7 heteroatoms. The van der Waals surface area contributed by atoms with Crippen LogP contribution in [0.15, 0.2) is 36.4 Å². The Morgan fingerprint density at radius 1 is 1.12 bits per heavy atom. The van der Waals surface area contributed by atoms with E-state index >= 15 is 0 Å². The zero-order valence-corrected chi connectivity index (χ0v) is 14.4. The molecule has 1 aliphatic heterocycles. The van der Waals surface area contributed by atoms with Gasteiger partial charge in [0.2, 0.25) is 5.91 Å². The maximum Gasteiger partial charge on any atom is 0.255 e. The van der Waals surface area contributed by atoms with Gasteiger partial charge in [-0.25, -0.2) is 0 Å². The van der Waals surface area contributed by atoms with Crippen LogP contribution in [0.5, 0.6) is 0 Å². The Balaban J connectivity index is 1.58. The first-order chi connectivity index (χ1) is 12.0. The number of aromatic amines is 2. The Morgan fingerprint density at radius 2 is 1.92 bits per heavy atom. The van der Waals surface area contributed by atoms with Gasteiger partial charge < -0.3 is 20.2 Å². The summed E-state index contributed by atoms with van der Waals surface area (Å²) in [5.41, 5.74) is 4.91. The smallest absolute Gasteiger partial charge is 0.255 e. The molecule has 3 aromatic rings. The molecule has 1 aromatic heterocycles. The summed E-state index contributed by atoms with van der Waals surface area (Å²) in [6.07, 6.45) is 0.766. The second kappa shape index (κ2) is 5.86. The van der Waals surface area contributed by atoms with Crippen molar-refractivity contribution in [3.8, 4) is 0 Å². The van der Waals surface area contributed by atoms with E-state index in [0.717, 1.165) is 28.7 Å². The molecule has 0 fully saturated rings. The van der Waals surface area contributed by atoms with Crippen molar-refractivity contribution < 1.29 is 9.59 Å². The number of hydrogen-bond donors (Lipinski definition) is 3. The number of amides is 2. The molecule has 0 aliphatic carbocycles. The van der Waals surface area contributed by atoms with Gasteiger partial charge in [0.15, 0.2) is 4.77 Å². The van der Waals surface area contributed by atoms with E-state index in [0.29, 0.717) is 22.6 Å². The van der Waals surface area contributed by atoms with Crippen LogP contribution in [-0.2, 0) is 11.2 Å². The largest absolute Gasteiger partial charge is 0.331 e. The first-order valence-electron chi connectivity index (χ1n) is 7.96. The highest BCUT2D eigenvalue weighted by molar-refractivity contribution is 7.71. The van der Waals surface area contributed by atoms with Gasteiger partial charge in [0.25, 0.3) is 5.91 Å². The van der Waals surface area contributed by atoms with Gasteiger partial charge in [0, 0.05) is 30.4 Å². The van der Waals surface area contributed by atoms with Crippen molar-refractivity contribution in [1.82, 2.24) is 9.97 Å². The summed E-state index contributed by atoms with van der Waals surface area (Å²) in [5, 5.41) is 2.90. The number of hydrogen-bond acceptors (Lipinski definition) is 3. The minimum absolute atomic E-state index is 0.0214. The number of benzene rings is 2. The van der Waals surface area contributed by atoms with Crippen molar-refractivity contribution in [2.45, 2.75) is 13.3 Å². The van der Waals surface area contributed by atoms with Crippen LogP contribution < -0.4 is 10.2 Å². The van der Waals surface area contributed by atoms with Crippen LogP contribution in [0.2, 0.25) is 0 Å². The quantitative estimate of drug-likeness (QED) is 0.619. The third-order valence-corrected chi connectivity index (χ3v) is 4.60. The number of anilines is 2. The molecule has 0 spiro atoms. The van der Waals surface area contributed by atoms with E-state index in [1.807, 2.05) is 30.3 Å². The third kappa shape index (κ3) is 2.83. The van der Waals surface area contributed by atoms with Crippen molar-refractivity contribution in [2.24, 2.45) is 0 Å². The molecule has 25 heavy (non-hydrogen) atoms. The molecule has 3 N–H and O–H groups in total. The molecule has 0 unspecified atom stereocenters. The molecule has 4 rings (SSSR count). The number of fused-ring (bicyclic) bond motifs is 2. The summed E-state index contributed by atoms with van der Waals surface area (Å²) in [6.45, 7) is 2.22. The van der Waals surface area contributed by atoms with Crippen LogP contribution in [0.4, 0.5) is 11.4 Å². The van der Waals surface area contributed by atoms with Gasteiger partial charge in [0.1, 0.15) is 0 Å². The molecule has 1 aliphatic rings. The van der Waals surface area contributed by atoms with E-state index in [9.17, 15) is 9.59 Å². The predicted octanol–water partition coefficient (Wildman–Crippen LogP) is 3.39. The fourth-order valence-corrected chi connectivity index (χ4v) is 3.40. The van der Waals surface area contributed by atoms with Crippen LogP contribution in [0.25, 0.3) is 11.0 Å². The summed E-state index contributed by atoms with van der Waals surface area (Å²) in [7, 11) is 0. The number of nitrogens with zero attached hydrogens (tertiary/aromatic N) is 1. The minimum atomic E-state index is -0.183. The van der Waals surface area contributed by atoms with Crippen LogP contribution >= 0.6 is 12.2 Å². The summed E-state index contributed by atoms with van der Waals surface area (Å²) in [6, 6.07) is 11.0. The van der Waals surface area contributed by atoms with Gasteiger partial charge in [0.05, 0.1) is 11.0 Å². The maximum atomic E-state index is 12.5. The van der Waals surface area contributed by atoms with E-state index in [1.165, 1.54) is 0 Å². The first-order valence-corrected chi connectivity index (χ1v) is 8.36. The maximum absolute atomic E-state index is 12.5. The van der Waals surface area contributed by atoms with Crippen LogP contribution in [0, 0.1) is 4.77 Å². The van der Waals surface area contributed by atoms with Crippen LogP contribution in [0.3, 0.4) is 0 Å². The molecule has 0 saturated heterocycles. The van der Waals surface area contributed by atoms with Crippen LogP contribution in [0.1, 0.15) is 22.8 Å². The van der Waals surface area contributed by atoms with Gasteiger partial charge in [-0.2, -0.15) is 0 Å². The average molecular weight is 352 g/mol. The summed E-state index contributed by atoms with van der Waals surface area (Å²) < 4.78 is 0.548. The average Bonchev–Trinajstić information content (AvgIpc) is 3.15. The highest BCUT2D eigenvalue weighted by Gasteiger charge is 2.23. The van der Waals surface area contributed by atoms with Gasteiger partial charge in [-0.15, -0.1) is 0 Å². The van der Waals surface area contributed by atoms with Gasteiger partial charge >= 0.3 is 0 Å². The number of nitrogens with one attached hydrogen (secondary N) is 3. The fraction of sp³-hybridized carbons (Fsp3) is 0.167. The number of carbonyl (C=O) groups excluding carboxylic acids is 2. The van der Waals surface area contributed by atoms with Crippen molar-refractivity contribution in [2.75, 3.05) is 16.8 Å². The third-order valence-electron chi connectivity index (χ3n) is 4.39. The zero-order chi connectivity index (χ0) is 17.6. The summed E-state index contributed by atoms with van der Waals surface area (Å²) in [4.78, 5) is 31.9. The molecule has 126 valence electrons. The molecule has 6 nitrogen and oxygen atoms in total. The van der Waals surface area contributed by atoms with E-state index in [2.05, 4.69) is 15.3 Å². The highest BCUT2D eigenvalue weighted by atomic mass is 32.1. The highest BCUT2D eigenvalue weighted by Crippen LogP contribution is 2.29. The zero-order valence-electron chi connectivity index (χ0n) is 13.6. The first kappa shape index (κ1) is 15.6. The second-order valence-electron chi connectivity index (χ2n) is 6.06. The SMILES string of the molecule is CC(=O)N1CCc2cc(C(=O)Nc3ccc4[nH]c(=S)[nH]c4c3)ccc21. The van der Waals surface area contributed by atoms with Gasteiger partial charge in [-0.05, 0) is 60.6 Å². The molecular weight excluding hydrogens is 336 g/mol. The lowest BCUT2D eigenvalue weighted by Gasteiger charge is -2.14. The van der Waals surface area contributed by atoms with E-state index in [1.54, 1.807) is 17.9 Å². The van der Waals surface area contributed by atoms with E-state index in [-0.39, 0.29) is 11.8 Å². The standard InChI is InChI=1S/C18H16N4O2S/c1-10(23)22-7-6-11-8-12(2-5-16(11)22)17(24)19-13-3-4-14-15(9-13)21-18(25)20-14/h2-5,8-9H,6-7H2,1H3,(H,19,24)(H2,20,21,25). The topological polar surface area (TPSA) is 81.0 Å².